The molecule has 2 aromatic rings. The Morgan fingerprint density at radius 3 is 2.39 bits per heavy atom. The molecule has 2 fully saturated rings. The van der Waals surface area contributed by atoms with Crippen LogP contribution in [0.3, 0.4) is 0 Å². The van der Waals surface area contributed by atoms with Crippen LogP contribution in [0.1, 0.15) is 71.2 Å². The number of ether oxygens (including phenoxy) is 3. The van der Waals surface area contributed by atoms with Crippen molar-refractivity contribution in [3.05, 3.63) is 35.9 Å². The first-order valence-corrected chi connectivity index (χ1v) is 18.7. The highest BCUT2D eigenvalue weighted by atomic mass is 19.1. The molecule has 3 aliphatic heterocycles. The van der Waals surface area contributed by atoms with Crippen LogP contribution in [0.5, 0.6) is 23.1 Å². The molecule has 0 radical (unpaired) electrons. The Morgan fingerprint density at radius 1 is 1.07 bits per heavy atom. The fourth-order valence-electron chi connectivity index (χ4n) is 7.80. The van der Waals surface area contributed by atoms with Gasteiger partial charge in [-0.15, -0.1) is 10.2 Å². The van der Waals surface area contributed by atoms with Crippen LogP contribution >= 0.6 is 0 Å². The molecule has 1 N–H and O–H groups in total. The summed E-state index contributed by atoms with van der Waals surface area (Å²) in [4.78, 5) is 63.7. The van der Waals surface area contributed by atoms with E-state index in [2.05, 4.69) is 56.1 Å². The first-order chi connectivity index (χ1) is 25.7. The summed E-state index contributed by atoms with van der Waals surface area (Å²) in [7, 11) is 3.73. The number of benzene rings is 1. The van der Waals surface area contributed by atoms with E-state index < -0.39 is 35.2 Å². The standard InChI is InChI=1S/C38H53FN8O7/c1-9-47(24(4)5)37(51)26-17-27(39)32-33(53-30(49)13-12-29(48)52-32)31(26)54-36-34(41-22-42-43-36)45-16-14-38(19-45)20-46(21-38)28(23(2)3)11-10-15-44(8)18-25(6)35(50)40-7/h12-13,17,22-25,28H,9-11,14-16,18-21H2,1-8H3,(H,40,50)/b13-12+/t25-,28-/m1/s1. The molecular weight excluding hydrogens is 699 g/mol. The first-order valence-electron chi connectivity index (χ1n) is 18.7. The molecular formula is C38H53FN8O7. The largest absolute Gasteiger partial charge is 0.430 e. The second-order valence-electron chi connectivity index (χ2n) is 15.3. The maximum Gasteiger partial charge on any atom is 0.336 e. The molecule has 15 nitrogen and oxygen atoms in total. The maximum absolute atomic E-state index is 15.6. The normalized spacial score (nSPS) is 18.4. The van der Waals surface area contributed by atoms with Crippen LogP contribution < -0.4 is 24.4 Å². The van der Waals surface area contributed by atoms with Crippen molar-refractivity contribution in [2.45, 2.75) is 72.9 Å². The van der Waals surface area contributed by atoms with Crippen molar-refractivity contribution < 1.29 is 37.8 Å². The summed E-state index contributed by atoms with van der Waals surface area (Å²) in [6, 6.07) is 1.06. The van der Waals surface area contributed by atoms with Gasteiger partial charge in [-0.2, -0.15) is 0 Å². The third kappa shape index (κ3) is 8.97. The van der Waals surface area contributed by atoms with E-state index in [0.29, 0.717) is 44.0 Å². The van der Waals surface area contributed by atoms with Gasteiger partial charge < -0.3 is 34.2 Å². The number of esters is 2. The van der Waals surface area contributed by atoms with Gasteiger partial charge in [0.2, 0.25) is 17.4 Å². The molecule has 4 heterocycles. The molecule has 16 heteroatoms. The zero-order valence-electron chi connectivity index (χ0n) is 32.6. The highest BCUT2D eigenvalue weighted by Crippen LogP contribution is 2.48. The SMILES string of the molecule is CCN(C(=O)c1cc(F)c2c(c1Oc1nncnc1N1CCC3(C1)CN([C@H](CCCN(C)C[C@@H](C)C(=O)NC)C(C)C)C3)OC(=O)/C=C/C(=O)O2)C(C)C. The van der Waals surface area contributed by atoms with E-state index in [0.717, 1.165) is 57.1 Å². The van der Waals surface area contributed by atoms with E-state index in [9.17, 15) is 19.2 Å². The Hall–Kier alpha value is -4.70. The average Bonchev–Trinajstić information content (AvgIpc) is 3.56. The molecule has 2 amide bonds. The molecule has 0 bridgehead atoms. The van der Waals surface area contributed by atoms with Gasteiger partial charge in [0.1, 0.15) is 6.33 Å². The summed E-state index contributed by atoms with van der Waals surface area (Å²) in [6.45, 7) is 17.0. The van der Waals surface area contributed by atoms with Gasteiger partial charge in [0.25, 0.3) is 11.8 Å². The molecule has 294 valence electrons. The second kappa shape index (κ2) is 17.2. The number of aromatic nitrogens is 3. The lowest BCUT2D eigenvalue weighted by Gasteiger charge is -2.53. The Balaban J connectivity index is 1.34. The number of carbonyl (C=O) groups is 4. The molecule has 0 unspecified atom stereocenters. The minimum atomic E-state index is -1.09. The van der Waals surface area contributed by atoms with Gasteiger partial charge in [-0.25, -0.2) is 19.0 Å². The van der Waals surface area contributed by atoms with Crippen molar-refractivity contribution in [3.8, 4) is 23.1 Å². The highest BCUT2D eigenvalue weighted by Gasteiger charge is 2.50. The number of carbonyl (C=O) groups excluding carboxylic acids is 4. The Bertz CT molecular complexity index is 1750. The number of likely N-dealkylation sites (tertiary alicyclic amines) is 1. The van der Waals surface area contributed by atoms with Crippen LogP contribution in [-0.2, 0) is 14.4 Å². The number of hydrogen-bond donors (Lipinski definition) is 1. The van der Waals surface area contributed by atoms with Gasteiger partial charge in [0.05, 0.1) is 5.56 Å². The minimum Gasteiger partial charge on any atom is -0.430 e. The molecule has 0 aliphatic carbocycles. The maximum atomic E-state index is 15.6. The van der Waals surface area contributed by atoms with E-state index in [-0.39, 0.29) is 40.5 Å². The van der Waals surface area contributed by atoms with Crippen LogP contribution in [0.25, 0.3) is 0 Å². The van der Waals surface area contributed by atoms with Crippen molar-refractivity contribution in [2.24, 2.45) is 17.3 Å². The third-order valence-electron chi connectivity index (χ3n) is 10.5. The number of amides is 2. The number of fused-ring (bicyclic) bond motifs is 1. The monoisotopic (exact) mass is 752 g/mol. The molecule has 1 spiro atoms. The average molecular weight is 753 g/mol. The fourth-order valence-corrected chi connectivity index (χ4v) is 7.80. The summed E-state index contributed by atoms with van der Waals surface area (Å²) in [5, 5.41) is 10.9. The summed E-state index contributed by atoms with van der Waals surface area (Å²) in [5.41, 5.74) is -0.234. The van der Waals surface area contributed by atoms with Crippen LogP contribution in [0.2, 0.25) is 0 Å². The summed E-state index contributed by atoms with van der Waals surface area (Å²) in [6.07, 6.45) is 5.94. The summed E-state index contributed by atoms with van der Waals surface area (Å²) in [5.74, 6) is -4.59. The van der Waals surface area contributed by atoms with Gasteiger partial charge >= 0.3 is 11.9 Å². The Morgan fingerprint density at radius 2 is 1.76 bits per heavy atom. The predicted molar refractivity (Wildman–Crippen MR) is 198 cm³/mol. The molecule has 1 aromatic carbocycles. The Kier molecular flexibility index (Phi) is 12.9. The van der Waals surface area contributed by atoms with Crippen LogP contribution in [0.4, 0.5) is 10.2 Å². The van der Waals surface area contributed by atoms with Crippen LogP contribution in [0.15, 0.2) is 24.5 Å². The first kappa shape index (κ1) is 40.5. The number of anilines is 1. The van der Waals surface area contributed by atoms with Crippen molar-refractivity contribution in [3.63, 3.8) is 0 Å². The van der Waals surface area contributed by atoms with Gasteiger partial charge in [0, 0.05) is 81.9 Å². The van der Waals surface area contributed by atoms with Gasteiger partial charge in [-0.05, 0) is 65.6 Å². The lowest BCUT2D eigenvalue weighted by molar-refractivity contribution is -0.133. The lowest BCUT2D eigenvalue weighted by atomic mass is 9.76. The number of halogens is 1. The molecule has 3 aliphatic rings. The summed E-state index contributed by atoms with van der Waals surface area (Å²) < 4.78 is 32.5. The quantitative estimate of drug-likeness (QED) is 0.208. The smallest absolute Gasteiger partial charge is 0.336 e. The number of nitrogens with one attached hydrogen (secondary N) is 1. The number of nitrogens with zero attached hydrogens (tertiary/aromatic N) is 7. The zero-order valence-corrected chi connectivity index (χ0v) is 32.6. The lowest BCUT2D eigenvalue weighted by Crippen LogP contribution is -2.62. The van der Waals surface area contributed by atoms with E-state index >= 15 is 4.39 Å². The van der Waals surface area contributed by atoms with Crippen LogP contribution in [-0.4, -0.2) is 126 Å². The molecule has 2 saturated heterocycles. The molecule has 1 aromatic heterocycles. The van der Waals surface area contributed by atoms with Crippen molar-refractivity contribution in [1.29, 1.82) is 0 Å². The molecule has 0 saturated carbocycles. The van der Waals surface area contributed by atoms with E-state index in [4.69, 9.17) is 14.2 Å². The second-order valence-corrected chi connectivity index (χ2v) is 15.3. The number of rotatable bonds is 15. The minimum absolute atomic E-state index is 0.0242. The zero-order chi connectivity index (χ0) is 39.3. The van der Waals surface area contributed by atoms with Gasteiger partial charge in [-0.1, -0.05) is 20.8 Å². The molecule has 54 heavy (non-hydrogen) atoms. The highest BCUT2D eigenvalue weighted by molar-refractivity contribution is 6.01. The number of hydrogen-bond acceptors (Lipinski definition) is 13. The molecule has 5 rings (SSSR count). The molecule has 2 atom stereocenters. The van der Waals surface area contributed by atoms with Crippen molar-refractivity contribution in [2.75, 3.05) is 64.8 Å². The fraction of sp³-hybridized carbons (Fsp3) is 0.605. The van der Waals surface area contributed by atoms with Crippen molar-refractivity contribution >= 4 is 29.6 Å². The van der Waals surface area contributed by atoms with Crippen molar-refractivity contribution in [1.82, 2.24) is 35.2 Å². The van der Waals surface area contributed by atoms with Gasteiger partial charge in [0.15, 0.2) is 17.4 Å². The predicted octanol–water partition coefficient (Wildman–Crippen LogP) is 3.68. The van der Waals surface area contributed by atoms with E-state index in [1.54, 1.807) is 14.0 Å². The van der Waals surface area contributed by atoms with Gasteiger partial charge in [-0.3, -0.25) is 14.5 Å². The van der Waals surface area contributed by atoms with E-state index in [1.165, 1.54) is 11.2 Å². The van der Waals surface area contributed by atoms with E-state index in [1.807, 2.05) is 20.8 Å². The van der Waals surface area contributed by atoms with Crippen LogP contribution in [0, 0.1) is 23.1 Å². The topological polar surface area (TPSA) is 160 Å². The summed E-state index contributed by atoms with van der Waals surface area (Å²) >= 11 is 0. The third-order valence-corrected chi connectivity index (χ3v) is 10.5. The Labute approximate surface area is 316 Å².